The van der Waals surface area contributed by atoms with Crippen molar-refractivity contribution >= 4 is 35.9 Å². The monoisotopic (exact) mass is 435 g/mol. The molecule has 1 heterocycles. The number of carbonyl (C=O) groups is 1. The van der Waals surface area contributed by atoms with Crippen LogP contribution in [0.3, 0.4) is 0 Å². The Labute approximate surface area is 156 Å². The Morgan fingerprint density at radius 2 is 1.87 bits per heavy atom. The molecule has 0 bridgehead atoms. The first kappa shape index (κ1) is 18.8. The number of ether oxygens (including phenoxy) is 1. The number of hydrogen-bond acceptors (Lipinski definition) is 3. The lowest BCUT2D eigenvalue weighted by Gasteiger charge is -2.24. The largest absolute Gasteiger partial charge is 0.469 e. The molecule has 0 spiro atoms. The van der Waals surface area contributed by atoms with Crippen molar-refractivity contribution in [3.05, 3.63) is 0 Å². The van der Waals surface area contributed by atoms with Crippen LogP contribution in [0.2, 0.25) is 0 Å². The predicted molar refractivity (Wildman–Crippen MR) is 102 cm³/mol. The summed E-state index contributed by atoms with van der Waals surface area (Å²) in [6.45, 7) is 4.74. The maximum absolute atomic E-state index is 11.8. The van der Waals surface area contributed by atoms with Crippen molar-refractivity contribution in [1.82, 2.24) is 10.2 Å². The molecule has 2 aliphatic carbocycles. The molecule has 2 unspecified atom stereocenters. The summed E-state index contributed by atoms with van der Waals surface area (Å²) >= 11 is 0. The standard InChI is InChI=1S/C17H29N3O2.HI/c1-11-9-20(10-15(11)16(21)22-3)17(18-2)19-8-14(12-4-5-12)13-6-7-13;/h11-15H,4-10H2,1-3H3,(H,18,19);1H. The highest BCUT2D eigenvalue weighted by Gasteiger charge is 2.42. The quantitative estimate of drug-likeness (QED) is 0.312. The zero-order valence-electron chi connectivity index (χ0n) is 14.5. The van der Waals surface area contributed by atoms with E-state index in [0.717, 1.165) is 36.8 Å². The van der Waals surface area contributed by atoms with Crippen LogP contribution in [0.5, 0.6) is 0 Å². The number of carbonyl (C=O) groups excluding carboxylic acids is 1. The molecule has 0 amide bonds. The lowest BCUT2D eigenvalue weighted by atomic mass is 9.98. The minimum absolute atomic E-state index is 0. The summed E-state index contributed by atoms with van der Waals surface area (Å²) in [5.41, 5.74) is 0. The SMILES string of the molecule is CN=C(NCC(C1CC1)C1CC1)N1CC(C)C(C(=O)OC)C1.I. The average molecular weight is 435 g/mol. The van der Waals surface area contributed by atoms with Gasteiger partial charge in [-0.15, -0.1) is 24.0 Å². The predicted octanol–water partition coefficient (Wildman–Crippen LogP) is 2.36. The van der Waals surface area contributed by atoms with Crippen LogP contribution < -0.4 is 5.32 Å². The molecule has 0 aromatic rings. The van der Waals surface area contributed by atoms with Gasteiger partial charge >= 0.3 is 5.97 Å². The Morgan fingerprint density at radius 1 is 1.26 bits per heavy atom. The second-order valence-corrected chi connectivity index (χ2v) is 7.28. The second kappa shape index (κ2) is 8.03. The molecule has 1 N–H and O–H groups in total. The lowest BCUT2D eigenvalue weighted by molar-refractivity contribution is -0.145. The van der Waals surface area contributed by atoms with Gasteiger partial charge in [0.25, 0.3) is 0 Å². The molecular weight excluding hydrogens is 405 g/mol. The first-order chi connectivity index (χ1) is 10.6. The van der Waals surface area contributed by atoms with Crippen LogP contribution in [0.25, 0.3) is 0 Å². The summed E-state index contributed by atoms with van der Waals surface area (Å²) in [6, 6.07) is 0. The summed E-state index contributed by atoms with van der Waals surface area (Å²) in [7, 11) is 3.31. The van der Waals surface area contributed by atoms with Gasteiger partial charge in [-0.1, -0.05) is 6.92 Å². The van der Waals surface area contributed by atoms with Gasteiger partial charge in [-0.05, 0) is 49.4 Å². The summed E-state index contributed by atoms with van der Waals surface area (Å²) in [5.74, 6) is 3.84. The topological polar surface area (TPSA) is 53.9 Å². The highest BCUT2D eigenvalue weighted by Crippen LogP contribution is 2.48. The van der Waals surface area contributed by atoms with E-state index in [-0.39, 0.29) is 35.9 Å². The molecule has 0 radical (unpaired) electrons. The Kier molecular flexibility index (Phi) is 6.57. The smallest absolute Gasteiger partial charge is 0.310 e. The van der Waals surface area contributed by atoms with Crippen LogP contribution in [0, 0.1) is 29.6 Å². The molecule has 0 aromatic carbocycles. The van der Waals surface area contributed by atoms with E-state index in [2.05, 4.69) is 22.1 Å². The first-order valence-electron chi connectivity index (χ1n) is 8.67. The van der Waals surface area contributed by atoms with Crippen molar-refractivity contribution in [3.8, 4) is 0 Å². The van der Waals surface area contributed by atoms with Crippen molar-refractivity contribution in [2.45, 2.75) is 32.6 Å². The van der Waals surface area contributed by atoms with Gasteiger partial charge in [-0.25, -0.2) is 0 Å². The maximum atomic E-state index is 11.8. The molecule has 5 nitrogen and oxygen atoms in total. The lowest BCUT2D eigenvalue weighted by Crippen LogP contribution is -2.43. The maximum Gasteiger partial charge on any atom is 0.310 e. The Bertz CT molecular complexity index is 437. The number of methoxy groups -OCH3 is 1. The van der Waals surface area contributed by atoms with E-state index >= 15 is 0 Å². The van der Waals surface area contributed by atoms with Gasteiger partial charge in [0.05, 0.1) is 13.0 Å². The van der Waals surface area contributed by atoms with E-state index in [1.165, 1.54) is 32.8 Å². The third-order valence-electron chi connectivity index (χ3n) is 5.58. The molecule has 2 saturated carbocycles. The van der Waals surface area contributed by atoms with Crippen molar-refractivity contribution in [2.24, 2.45) is 34.6 Å². The van der Waals surface area contributed by atoms with E-state index in [4.69, 9.17) is 4.74 Å². The van der Waals surface area contributed by atoms with Gasteiger partial charge < -0.3 is 15.0 Å². The fourth-order valence-electron chi connectivity index (χ4n) is 3.91. The van der Waals surface area contributed by atoms with Crippen LogP contribution >= 0.6 is 24.0 Å². The second-order valence-electron chi connectivity index (χ2n) is 7.28. The van der Waals surface area contributed by atoms with Crippen LogP contribution in [0.4, 0.5) is 0 Å². The highest BCUT2D eigenvalue weighted by molar-refractivity contribution is 14.0. The minimum Gasteiger partial charge on any atom is -0.469 e. The number of aliphatic imine (C=N–C) groups is 1. The molecule has 2 atom stereocenters. The summed E-state index contributed by atoms with van der Waals surface area (Å²) in [6.07, 6.45) is 5.64. The van der Waals surface area contributed by atoms with Gasteiger partial charge in [0.15, 0.2) is 5.96 Å². The van der Waals surface area contributed by atoms with Gasteiger partial charge in [0.2, 0.25) is 0 Å². The van der Waals surface area contributed by atoms with E-state index in [9.17, 15) is 4.79 Å². The normalized spacial score (nSPS) is 27.8. The van der Waals surface area contributed by atoms with Crippen molar-refractivity contribution in [1.29, 1.82) is 0 Å². The van der Waals surface area contributed by atoms with Gasteiger partial charge in [0.1, 0.15) is 0 Å². The number of hydrogen-bond donors (Lipinski definition) is 1. The third kappa shape index (κ3) is 4.51. The Hall–Kier alpha value is -0.530. The van der Waals surface area contributed by atoms with Gasteiger partial charge in [-0.3, -0.25) is 9.79 Å². The number of rotatable bonds is 5. The fraction of sp³-hybridized carbons (Fsp3) is 0.882. The summed E-state index contributed by atoms with van der Waals surface area (Å²) < 4.78 is 4.92. The van der Waals surface area contributed by atoms with Crippen LogP contribution in [0.15, 0.2) is 4.99 Å². The number of nitrogens with zero attached hydrogens (tertiary/aromatic N) is 2. The summed E-state index contributed by atoms with van der Waals surface area (Å²) in [5, 5.41) is 3.58. The van der Waals surface area contributed by atoms with E-state index in [0.29, 0.717) is 12.5 Å². The zero-order chi connectivity index (χ0) is 15.7. The van der Waals surface area contributed by atoms with E-state index in [1.807, 2.05) is 7.05 Å². The van der Waals surface area contributed by atoms with Crippen LogP contribution in [-0.2, 0) is 9.53 Å². The number of halogens is 1. The molecule has 1 aliphatic heterocycles. The van der Waals surface area contributed by atoms with Crippen molar-refractivity contribution in [2.75, 3.05) is 33.8 Å². The van der Waals surface area contributed by atoms with Crippen LogP contribution in [0.1, 0.15) is 32.6 Å². The number of likely N-dealkylation sites (tertiary alicyclic amines) is 1. The third-order valence-corrected chi connectivity index (χ3v) is 5.58. The molecule has 3 rings (SSSR count). The number of esters is 1. The molecule has 3 aliphatic rings. The van der Waals surface area contributed by atoms with Crippen molar-refractivity contribution < 1.29 is 9.53 Å². The molecule has 132 valence electrons. The Balaban J connectivity index is 0.00000192. The van der Waals surface area contributed by atoms with E-state index in [1.54, 1.807) is 0 Å². The fourth-order valence-corrected chi connectivity index (χ4v) is 3.91. The average Bonchev–Trinajstić information content (AvgIpc) is 3.42. The molecule has 1 saturated heterocycles. The van der Waals surface area contributed by atoms with Crippen LogP contribution in [-0.4, -0.2) is 50.6 Å². The number of nitrogens with one attached hydrogen (secondary N) is 1. The molecule has 23 heavy (non-hydrogen) atoms. The van der Waals surface area contributed by atoms with Gasteiger partial charge in [-0.2, -0.15) is 0 Å². The zero-order valence-corrected chi connectivity index (χ0v) is 16.8. The van der Waals surface area contributed by atoms with Crippen molar-refractivity contribution in [3.63, 3.8) is 0 Å². The molecule has 6 heteroatoms. The van der Waals surface area contributed by atoms with E-state index < -0.39 is 0 Å². The summed E-state index contributed by atoms with van der Waals surface area (Å²) in [4.78, 5) is 18.5. The minimum atomic E-state index is -0.0979. The van der Waals surface area contributed by atoms with Gasteiger partial charge in [0, 0.05) is 26.7 Å². The Morgan fingerprint density at radius 3 is 2.35 bits per heavy atom. The number of guanidine groups is 1. The molecule has 0 aromatic heterocycles. The first-order valence-corrected chi connectivity index (χ1v) is 8.67. The molecule has 3 fully saturated rings. The highest BCUT2D eigenvalue weighted by atomic mass is 127. The molecular formula is C17H30IN3O2.